The van der Waals surface area contributed by atoms with Crippen molar-refractivity contribution in [2.45, 2.75) is 82.4 Å². The number of carboxylic acid groups (broad SMARTS) is 1. The quantitative estimate of drug-likeness (QED) is 0.126. The van der Waals surface area contributed by atoms with E-state index >= 15 is 0 Å². The van der Waals surface area contributed by atoms with Gasteiger partial charge in [-0.25, -0.2) is 9.78 Å². The molecule has 2 atom stereocenters. The number of hydrogen-bond acceptors (Lipinski definition) is 11. The van der Waals surface area contributed by atoms with Gasteiger partial charge in [-0.2, -0.15) is 20.0 Å². The molecule has 0 bridgehead atoms. The van der Waals surface area contributed by atoms with Gasteiger partial charge in [0.2, 0.25) is 5.95 Å². The van der Waals surface area contributed by atoms with E-state index < -0.39 is 26.1 Å². The monoisotopic (exact) mass is 742 g/mol. The average Bonchev–Trinajstić information content (AvgIpc) is 3.86. The van der Waals surface area contributed by atoms with E-state index in [4.69, 9.17) is 25.7 Å². The number of halogens is 1. The number of anilines is 3. The number of carbonyl (C=O) groups is 1. The predicted octanol–water partition coefficient (Wildman–Crippen LogP) is 6.29. The van der Waals surface area contributed by atoms with Crippen molar-refractivity contribution in [3.8, 4) is 17.9 Å². The Morgan fingerprint density at radius 1 is 1.21 bits per heavy atom. The van der Waals surface area contributed by atoms with Gasteiger partial charge in [-0.15, -0.1) is 5.10 Å². The van der Waals surface area contributed by atoms with Gasteiger partial charge in [0.25, 0.3) is 0 Å². The zero-order valence-corrected chi connectivity index (χ0v) is 31.9. The van der Waals surface area contributed by atoms with Crippen LogP contribution in [0.3, 0.4) is 0 Å². The molecule has 4 aromatic rings. The maximum atomic E-state index is 12.5. The Labute approximate surface area is 308 Å². The summed E-state index contributed by atoms with van der Waals surface area (Å²) in [6.07, 6.45) is 1.83. The molecule has 16 heteroatoms. The summed E-state index contributed by atoms with van der Waals surface area (Å²) in [5.41, 5.74) is 1.33. The van der Waals surface area contributed by atoms with Crippen LogP contribution in [0.15, 0.2) is 42.6 Å². The Kier molecular flexibility index (Phi) is 10.1. The lowest BCUT2D eigenvalue weighted by molar-refractivity contribution is 0.0411. The molecule has 4 N–H and O–H groups in total. The summed E-state index contributed by atoms with van der Waals surface area (Å²) in [6, 6.07) is 15.6. The van der Waals surface area contributed by atoms with Crippen LogP contribution in [-0.4, -0.2) is 71.4 Å². The highest BCUT2D eigenvalue weighted by atomic mass is 35.5. The lowest BCUT2D eigenvalue weighted by Crippen LogP contribution is -2.64. The van der Waals surface area contributed by atoms with Gasteiger partial charge in [-0.1, -0.05) is 44.5 Å². The van der Waals surface area contributed by atoms with Gasteiger partial charge in [0, 0.05) is 24.7 Å². The molecule has 0 unspecified atom stereocenters. The summed E-state index contributed by atoms with van der Waals surface area (Å²) in [4.78, 5) is 24.1. The van der Waals surface area contributed by atoms with Crippen molar-refractivity contribution in [3.05, 3.63) is 70.0 Å². The number of rotatable bonds is 11. The minimum absolute atomic E-state index is 0.111. The fourth-order valence-electron chi connectivity index (χ4n) is 6.34. The van der Waals surface area contributed by atoms with Crippen molar-refractivity contribution in [1.82, 2.24) is 30.2 Å². The average molecular weight is 743 g/mol. The minimum atomic E-state index is -2.42. The Morgan fingerprint density at radius 2 is 1.94 bits per heavy atom. The fourth-order valence-corrected chi connectivity index (χ4v) is 8.02. The minimum Gasteiger partial charge on any atom is -0.497 e. The highest BCUT2D eigenvalue weighted by molar-refractivity contribution is 6.74. The molecule has 52 heavy (non-hydrogen) atoms. The molecule has 1 saturated carbocycles. The number of methoxy groups -OCH3 is 1. The van der Waals surface area contributed by atoms with E-state index in [1.165, 1.54) is 10.7 Å². The third-order valence-corrected chi connectivity index (χ3v) is 15.2. The molecule has 2 aromatic heterocycles. The van der Waals surface area contributed by atoms with Gasteiger partial charge >= 0.3 is 6.09 Å². The van der Waals surface area contributed by atoms with Gasteiger partial charge in [0.05, 0.1) is 47.3 Å². The first kappa shape index (κ1) is 36.8. The van der Waals surface area contributed by atoms with Crippen molar-refractivity contribution >= 4 is 49.1 Å². The first-order valence-electron chi connectivity index (χ1n) is 17.2. The third-order valence-electron chi connectivity index (χ3n) is 10.3. The molecule has 1 amide bonds. The second-order valence-electron chi connectivity index (χ2n) is 14.8. The van der Waals surface area contributed by atoms with Crippen LogP contribution >= 0.6 is 11.6 Å². The van der Waals surface area contributed by atoms with E-state index in [-0.39, 0.29) is 33.3 Å². The van der Waals surface area contributed by atoms with Gasteiger partial charge in [0.15, 0.2) is 25.5 Å². The van der Waals surface area contributed by atoms with Gasteiger partial charge in [-0.3, -0.25) is 0 Å². The summed E-state index contributed by atoms with van der Waals surface area (Å²) in [6.45, 7) is 12.0. The normalized spacial score (nSPS) is 19.1. The molecule has 1 aliphatic carbocycles. The molecular weight excluding hydrogens is 700 g/mol. The molecule has 14 nitrogen and oxygen atoms in total. The number of imidazole rings is 1. The van der Waals surface area contributed by atoms with E-state index in [9.17, 15) is 20.4 Å². The Balaban J connectivity index is 1.46. The molecule has 0 spiro atoms. The van der Waals surface area contributed by atoms with Gasteiger partial charge in [0.1, 0.15) is 11.8 Å². The lowest BCUT2D eigenvalue weighted by atomic mass is 9.78. The van der Waals surface area contributed by atoms with Crippen molar-refractivity contribution < 1.29 is 19.1 Å². The zero-order valence-electron chi connectivity index (χ0n) is 30.1. The maximum absolute atomic E-state index is 12.5. The van der Waals surface area contributed by atoms with Crippen LogP contribution in [0.1, 0.15) is 62.4 Å². The Bertz CT molecular complexity index is 2070. The Morgan fingerprint density at radius 3 is 2.56 bits per heavy atom. The molecular formula is C36H43ClN10O4Si. The molecule has 2 aliphatic rings. The molecule has 2 aromatic carbocycles. The second kappa shape index (κ2) is 14.2. The number of ether oxygens (including phenoxy) is 1. The van der Waals surface area contributed by atoms with Crippen LogP contribution in [0, 0.1) is 22.7 Å². The first-order valence-corrected chi connectivity index (χ1v) is 20.4. The number of nitriles is 2. The topological polar surface area (TPSA) is 186 Å². The van der Waals surface area contributed by atoms with Crippen LogP contribution in [0.2, 0.25) is 23.2 Å². The number of benzene rings is 2. The van der Waals surface area contributed by atoms with Crippen LogP contribution in [-0.2, 0) is 16.5 Å². The molecule has 2 fully saturated rings. The molecule has 6 rings (SSSR count). The van der Waals surface area contributed by atoms with E-state index in [1.54, 1.807) is 19.2 Å². The van der Waals surface area contributed by atoms with E-state index in [0.717, 1.165) is 24.2 Å². The summed E-state index contributed by atoms with van der Waals surface area (Å²) >= 11 is 7.25. The summed E-state index contributed by atoms with van der Waals surface area (Å²) in [7, 11) is -0.799. The van der Waals surface area contributed by atoms with Crippen molar-refractivity contribution in [3.63, 3.8) is 0 Å². The van der Waals surface area contributed by atoms with Crippen molar-refractivity contribution in [1.29, 1.82) is 10.5 Å². The number of piperidine rings is 1. The van der Waals surface area contributed by atoms with Crippen LogP contribution in [0.4, 0.5) is 22.2 Å². The van der Waals surface area contributed by atoms with E-state index in [2.05, 4.69) is 76.9 Å². The van der Waals surface area contributed by atoms with Gasteiger partial charge in [-0.05, 0) is 73.8 Å². The van der Waals surface area contributed by atoms with Crippen molar-refractivity contribution in [2.24, 2.45) is 0 Å². The summed E-state index contributed by atoms with van der Waals surface area (Å²) < 4.78 is 13.7. The maximum Gasteiger partial charge on any atom is 0.405 e. The third kappa shape index (κ3) is 7.22. The lowest BCUT2D eigenvalue weighted by Gasteiger charge is -2.49. The van der Waals surface area contributed by atoms with Crippen molar-refractivity contribution in [2.75, 3.05) is 30.4 Å². The van der Waals surface area contributed by atoms with Crippen LogP contribution in [0.25, 0.3) is 5.65 Å². The van der Waals surface area contributed by atoms with Crippen LogP contribution in [0.5, 0.6) is 5.75 Å². The largest absolute Gasteiger partial charge is 0.497 e. The van der Waals surface area contributed by atoms with E-state index in [0.29, 0.717) is 48.8 Å². The first-order chi connectivity index (χ1) is 24.7. The van der Waals surface area contributed by atoms with Gasteiger partial charge < -0.3 is 35.1 Å². The smallest absolute Gasteiger partial charge is 0.405 e. The van der Waals surface area contributed by atoms with Crippen LogP contribution < -0.4 is 25.6 Å². The number of amides is 1. The molecule has 272 valence electrons. The SMILES string of the molecule is COc1ccc(CN(c2nc(Nc3cc(C#N)cc([C@]4(NC(=O)O)CCNC[C@H]4O[Si](C)(C)C(C)(C)C)c3Cl)nn3c(C#N)cnc23)C2CC2)cc1. The predicted molar refractivity (Wildman–Crippen MR) is 200 cm³/mol. The summed E-state index contributed by atoms with van der Waals surface area (Å²) in [5.74, 6) is 1.39. The molecule has 1 aliphatic heterocycles. The number of hydrogen-bond donors (Lipinski definition) is 4. The number of aromatic nitrogens is 4. The second-order valence-corrected chi connectivity index (χ2v) is 19.9. The fraction of sp³-hybridized carbons (Fsp3) is 0.444. The standard InChI is InChI=1S/C36H43ClN10O4Si/c1-35(2,3)52(5,6)51-29-20-40-14-13-36(29,44-34(48)49)27-15-23(17-38)16-28(30(27)37)42-33-43-32(31-41-19-25(18-39)47(31)45-33)46(24-9-10-24)21-22-7-11-26(50-4)12-8-22/h7-8,11-12,15-16,19,24,29,40,44H,9-10,13-14,20-21H2,1-6H3,(H,42,45)(H,48,49)/t29-,36-/m1/s1. The Hall–Kier alpha value is -4.93. The number of nitrogens with zero attached hydrogens (tertiary/aromatic N) is 7. The summed E-state index contributed by atoms with van der Waals surface area (Å²) in [5, 5.41) is 44.4. The zero-order chi connectivity index (χ0) is 37.4. The highest BCUT2D eigenvalue weighted by Gasteiger charge is 2.50. The molecule has 1 saturated heterocycles. The highest BCUT2D eigenvalue weighted by Crippen LogP contribution is 2.45. The molecule has 0 radical (unpaired) electrons. The van der Waals surface area contributed by atoms with E-state index in [1.807, 2.05) is 24.3 Å². The molecule has 3 heterocycles. The number of fused-ring (bicyclic) bond motifs is 1. The number of nitrogens with one attached hydrogen (secondary N) is 3.